The molecule has 0 saturated heterocycles. The molecule has 1 N–H and O–H groups in total. The molecule has 5 nitrogen and oxygen atoms in total. The highest BCUT2D eigenvalue weighted by Crippen LogP contribution is 2.27. The fourth-order valence-electron chi connectivity index (χ4n) is 1.99. The molecule has 0 fully saturated rings. The van der Waals surface area contributed by atoms with E-state index in [-0.39, 0.29) is 6.61 Å². The van der Waals surface area contributed by atoms with Gasteiger partial charge in [-0.2, -0.15) is 4.68 Å². The lowest BCUT2D eigenvalue weighted by molar-refractivity contribution is 0.277. The lowest BCUT2D eigenvalue weighted by Crippen LogP contribution is -2.00. The zero-order chi connectivity index (χ0) is 14.1. The van der Waals surface area contributed by atoms with Crippen LogP contribution in [0, 0.1) is 13.8 Å². The third-order valence-corrected chi connectivity index (χ3v) is 3.94. The summed E-state index contributed by atoms with van der Waals surface area (Å²) in [6.45, 7) is 3.83. The summed E-state index contributed by atoms with van der Waals surface area (Å²) in [4.78, 5) is 4.43. The molecule has 0 atom stereocenters. The van der Waals surface area contributed by atoms with Gasteiger partial charge in [0.05, 0.1) is 12.3 Å². The summed E-state index contributed by atoms with van der Waals surface area (Å²) in [6, 6.07) is 8.07. The van der Waals surface area contributed by atoms with Crippen molar-refractivity contribution >= 4 is 11.3 Å². The molecule has 0 aliphatic rings. The Morgan fingerprint density at radius 3 is 2.55 bits per heavy atom. The third-order valence-electron chi connectivity index (χ3n) is 3.00. The molecule has 0 aliphatic carbocycles. The topological polar surface area (TPSA) is 63.8 Å². The van der Waals surface area contributed by atoms with Gasteiger partial charge in [0, 0.05) is 10.9 Å². The largest absolute Gasteiger partial charge is 0.390 e. The summed E-state index contributed by atoms with van der Waals surface area (Å²) >= 11 is 1.51. The van der Waals surface area contributed by atoms with Crippen LogP contribution in [0.25, 0.3) is 16.4 Å². The van der Waals surface area contributed by atoms with Gasteiger partial charge >= 0.3 is 0 Å². The monoisotopic (exact) mass is 286 g/mol. The maximum atomic E-state index is 9.47. The standard InChI is InChI=1S/C14H14N4OS/c1-9-3-5-11(6-4-9)13-12(7-19)16-17-18(13)14-15-10(2)8-20-14/h3-6,8,19H,7H2,1-2H3. The number of hydrogen-bond donors (Lipinski definition) is 1. The second-order valence-electron chi connectivity index (χ2n) is 4.59. The summed E-state index contributed by atoms with van der Waals surface area (Å²) in [7, 11) is 0. The molecule has 2 aromatic heterocycles. The van der Waals surface area contributed by atoms with Gasteiger partial charge in [0.15, 0.2) is 0 Å². The summed E-state index contributed by atoms with van der Waals surface area (Å²) in [5.41, 5.74) is 4.45. The van der Waals surface area contributed by atoms with Gasteiger partial charge in [0.1, 0.15) is 11.4 Å². The Morgan fingerprint density at radius 2 is 1.95 bits per heavy atom. The van der Waals surface area contributed by atoms with E-state index < -0.39 is 0 Å². The van der Waals surface area contributed by atoms with Gasteiger partial charge in [-0.15, -0.1) is 16.4 Å². The van der Waals surface area contributed by atoms with Crippen molar-refractivity contribution in [3.63, 3.8) is 0 Å². The number of aryl methyl sites for hydroxylation is 2. The zero-order valence-electron chi connectivity index (χ0n) is 11.2. The molecule has 0 spiro atoms. The smallest absolute Gasteiger partial charge is 0.212 e. The van der Waals surface area contributed by atoms with Crippen LogP contribution >= 0.6 is 11.3 Å². The Balaban J connectivity index is 2.17. The van der Waals surface area contributed by atoms with E-state index in [2.05, 4.69) is 15.3 Å². The Kier molecular flexibility index (Phi) is 3.33. The number of aliphatic hydroxyl groups excluding tert-OH is 1. The van der Waals surface area contributed by atoms with Gasteiger partial charge in [-0.3, -0.25) is 0 Å². The number of aromatic nitrogens is 4. The van der Waals surface area contributed by atoms with Crippen molar-refractivity contribution in [1.82, 2.24) is 20.0 Å². The van der Waals surface area contributed by atoms with E-state index in [9.17, 15) is 5.11 Å². The van der Waals surface area contributed by atoms with Crippen molar-refractivity contribution in [2.75, 3.05) is 0 Å². The number of rotatable bonds is 3. The molecule has 0 aliphatic heterocycles. The first-order valence-corrected chi connectivity index (χ1v) is 7.12. The molecule has 6 heteroatoms. The van der Waals surface area contributed by atoms with Crippen LogP contribution in [0.3, 0.4) is 0 Å². The predicted octanol–water partition coefficient (Wildman–Crippen LogP) is 2.50. The Bertz CT molecular complexity index is 730. The molecule has 20 heavy (non-hydrogen) atoms. The van der Waals surface area contributed by atoms with Crippen LogP contribution in [0.15, 0.2) is 29.6 Å². The minimum atomic E-state index is -0.145. The molecule has 0 amide bonds. The summed E-state index contributed by atoms with van der Waals surface area (Å²) in [5.74, 6) is 0. The molecular formula is C14H14N4OS. The van der Waals surface area contributed by atoms with Gasteiger partial charge in [0.25, 0.3) is 0 Å². The summed E-state index contributed by atoms with van der Waals surface area (Å²) in [5, 5.41) is 20.4. The Labute approximate surface area is 120 Å². The van der Waals surface area contributed by atoms with Crippen LogP contribution in [0.4, 0.5) is 0 Å². The normalized spacial score (nSPS) is 10.9. The lowest BCUT2D eigenvalue weighted by atomic mass is 10.1. The SMILES string of the molecule is Cc1ccc(-c2c(CO)nnn2-c2nc(C)cs2)cc1. The van der Waals surface area contributed by atoms with E-state index in [0.717, 1.165) is 22.1 Å². The fourth-order valence-corrected chi connectivity index (χ4v) is 2.75. The molecule has 3 aromatic rings. The highest BCUT2D eigenvalue weighted by atomic mass is 32.1. The van der Waals surface area contributed by atoms with Crippen LogP contribution < -0.4 is 0 Å². The first-order chi connectivity index (χ1) is 9.69. The van der Waals surface area contributed by atoms with E-state index in [4.69, 9.17) is 0 Å². The molecule has 0 unspecified atom stereocenters. The first kappa shape index (κ1) is 13.0. The van der Waals surface area contributed by atoms with E-state index in [0.29, 0.717) is 5.69 Å². The number of thiazole rings is 1. The Hall–Kier alpha value is -2.05. The predicted molar refractivity (Wildman–Crippen MR) is 77.9 cm³/mol. The van der Waals surface area contributed by atoms with E-state index in [1.54, 1.807) is 4.68 Å². The maximum absolute atomic E-state index is 9.47. The van der Waals surface area contributed by atoms with Crippen molar-refractivity contribution in [1.29, 1.82) is 0 Å². The highest BCUT2D eigenvalue weighted by molar-refractivity contribution is 7.12. The van der Waals surface area contributed by atoms with Crippen LogP contribution in [0.1, 0.15) is 17.0 Å². The van der Waals surface area contributed by atoms with Gasteiger partial charge in [-0.1, -0.05) is 35.0 Å². The lowest BCUT2D eigenvalue weighted by Gasteiger charge is -2.05. The number of hydrogen-bond acceptors (Lipinski definition) is 5. The van der Waals surface area contributed by atoms with Crippen molar-refractivity contribution in [3.05, 3.63) is 46.6 Å². The molecule has 102 valence electrons. The van der Waals surface area contributed by atoms with E-state index in [1.807, 2.05) is 43.5 Å². The highest BCUT2D eigenvalue weighted by Gasteiger charge is 2.17. The van der Waals surface area contributed by atoms with Crippen molar-refractivity contribution in [3.8, 4) is 16.4 Å². The third kappa shape index (κ3) is 2.23. The van der Waals surface area contributed by atoms with Gasteiger partial charge in [-0.25, -0.2) is 4.98 Å². The first-order valence-electron chi connectivity index (χ1n) is 6.24. The second kappa shape index (κ2) is 5.15. The van der Waals surface area contributed by atoms with Gasteiger partial charge in [0.2, 0.25) is 5.13 Å². The zero-order valence-corrected chi connectivity index (χ0v) is 12.1. The summed E-state index contributed by atoms with van der Waals surface area (Å²) in [6.07, 6.45) is 0. The molecule has 0 saturated carbocycles. The van der Waals surface area contributed by atoms with Crippen molar-refractivity contribution < 1.29 is 5.11 Å². The van der Waals surface area contributed by atoms with Crippen LogP contribution in [0.2, 0.25) is 0 Å². The van der Waals surface area contributed by atoms with E-state index in [1.165, 1.54) is 16.9 Å². The van der Waals surface area contributed by atoms with Crippen molar-refractivity contribution in [2.45, 2.75) is 20.5 Å². The maximum Gasteiger partial charge on any atom is 0.212 e. The van der Waals surface area contributed by atoms with E-state index >= 15 is 0 Å². The second-order valence-corrected chi connectivity index (χ2v) is 5.43. The molecule has 2 heterocycles. The van der Waals surface area contributed by atoms with Crippen LogP contribution in [0.5, 0.6) is 0 Å². The Morgan fingerprint density at radius 1 is 1.20 bits per heavy atom. The average molecular weight is 286 g/mol. The quantitative estimate of drug-likeness (QED) is 0.803. The number of nitrogens with zero attached hydrogens (tertiary/aromatic N) is 4. The fraction of sp³-hybridized carbons (Fsp3) is 0.214. The number of benzene rings is 1. The molecule has 0 bridgehead atoms. The molecular weight excluding hydrogens is 272 g/mol. The molecule has 1 aromatic carbocycles. The van der Waals surface area contributed by atoms with Gasteiger partial charge in [-0.05, 0) is 13.8 Å². The molecule has 0 radical (unpaired) electrons. The average Bonchev–Trinajstić information content (AvgIpc) is 3.05. The van der Waals surface area contributed by atoms with Crippen LogP contribution in [-0.2, 0) is 6.61 Å². The number of aliphatic hydroxyl groups is 1. The molecule has 3 rings (SSSR count). The summed E-state index contributed by atoms with van der Waals surface area (Å²) < 4.78 is 1.69. The van der Waals surface area contributed by atoms with Crippen molar-refractivity contribution in [2.24, 2.45) is 0 Å². The minimum absolute atomic E-state index is 0.145. The van der Waals surface area contributed by atoms with Crippen LogP contribution in [-0.4, -0.2) is 25.1 Å². The van der Waals surface area contributed by atoms with Gasteiger partial charge < -0.3 is 5.11 Å². The minimum Gasteiger partial charge on any atom is -0.390 e.